The fourth-order valence-corrected chi connectivity index (χ4v) is 4.07. The number of hydrazine groups is 1. The molecule has 0 saturated carbocycles. The molecule has 0 aliphatic heterocycles. The number of nitrogens with zero attached hydrogens (tertiary/aromatic N) is 1. The molecule has 0 saturated heterocycles. The van der Waals surface area contributed by atoms with Crippen LogP contribution in [0.3, 0.4) is 0 Å². The zero-order valence-electron chi connectivity index (χ0n) is 20.6. The first kappa shape index (κ1) is 25.6. The molecule has 186 valence electrons. The van der Waals surface area contributed by atoms with Crippen LogP contribution in [-0.2, 0) is 30.9 Å². The fourth-order valence-electron chi connectivity index (χ4n) is 4.07. The van der Waals surface area contributed by atoms with E-state index in [-0.39, 0.29) is 12.1 Å². The summed E-state index contributed by atoms with van der Waals surface area (Å²) in [5, 5.41) is 1.78. The van der Waals surface area contributed by atoms with Gasteiger partial charge in [-0.05, 0) is 40.8 Å². The highest BCUT2D eigenvalue weighted by atomic mass is 16.5. The third kappa shape index (κ3) is 8.33. The maximum Gasteiger partial charge on any atom is 0.119 e. The van der Waals surface area contributed by atoms with E-state index in [1.54, 1.807) is 5.01 Å². The number of hydrogen-bond donors (Lipinski definition) is 2. The van der Waals surface area contributed by atoms with Gasteiger partial charge in [-0.2, -0.15) is 0 Å². The summed E-state index contributed by atoms with van der Waals surface area (Å²) >= 11 is 0. The van der Waals surface area contributed by atoms with Gasteiger partial charge in [0.15, 0.2) is 0 Å². The molecule has 0 heterocycles. The highest BCUT2D eigenvalue weighted by molar-refractivity contribution is 5.28. The lowest BCUT2D eigenvalue weighted by Crippen LogP contribution is -2.48. The molecule has 0 aromatic heterocycles. The summed E-state index contributed by atoms with van der Waals surface area (Å²) in [7, 11) is 0. The topological polar surface area (TPSA) is 73.7 Å². The van der Waals surface area contributed by atoms with Crippen molar-refractivity contribution in [1.82, 2.24) is 5.01 Å². The van der Waals surface area contributed by atoms with Crippen LogP contribution in [0, 0.1) is 0 Å². The minimum absolute atomic E-state index is 0.216. The lowest BCUT2D eigenvalue weighted by atomic mass is 10.0. The van der Waals surface area contributed by atoms with Crippen LogP contribution in [-0.4, -0.2) is 23.7 Å². The van der Waals surface area contributed by atoms with Crippen molar-refractivity contribution in [2.75, 3.05) is 6.54 Å². The predicted octanol–water partition coefficient (Wildman–Crippen LogP) is 5.10. The third-order valence-electron chi connectivity index (χ3n) is 6.07. The van der Waals surface area contributed by atoms with Crippen molar-refractivity contribution in [3.63, 3.8) is 0 Å². The van der Waals surface area contributed by atoms with Crippen LogP contribution >= 0.6 is 0 Å². The minimum Gasteiger partial charge on any atom is -0.489 e. The van der Waals surface area contributed by atoms with E-state index >= 15 is 0 Å². The molecular weight excluding hydrogens is 446 g/mol. The van der Waals surface area contributed by atoms with E-state index in [1.165, 1.54) is 0 Å². The molecule has 0 amide bonds. The van der Waals surface area contributed by atoms with Gasteiger partial charge in [0.1, 0.15) is 12.4 Å². The Morgan fingerprint density at radius 1 is 0.611 bits per heavy atom. The van der Waals surface area contributed by atoms with Crippen LogP contribution in [0.1, 0.15) is 22.3 Å². The lowest BCUT2D eigenvalue weighted by molar-refractivity contribution is -0.00199. The van der Waals surface area contributed by atoms with E-state index in [2.05, 4.69) is 48.5 Å². The number of benzene rings is 4. The molecule has 0 aliphatic rings. The first-order chi connectivity index (χ1) is 17.7. The Bertz CT molecular complexity index is 1140. The molecule has 4 aromatic carbocycles. The summed E-state index contributed by atoms with van der Waals surface area (Å²) in [5.41, 5.74) is 11.2. The van der Waals surface area contributed by atoms with Crippen molar-refractivity contribution in [2.24, 2.45) is 11.6 Å². The summed E-state index contributed by atoms with van der Waals surface area (Å²) in [5.74, 6) is 7.23. The molecule has 0 spiro atoms. The van der Waals surface area contributed by atoms with Crippen molar-refractivity contribution >= 4 is 0 Å². The van der Waals surface area contributed by atoms with Crippen molar-refractivity contribution in [2.45, 2.75) is 38.3 Å². The first-order valence-corrected chi connectivity index (χ1v) is 12.4. The first-order valence-electron chi connectivity index (χ1n) is 12.4. The van der Waals surface area contributed by atoms with Gasteiger partial charge >= 0.3 is 0 Å². The predicted molar refractivity (Wildman–Crippen MR) is 145 cm³/mol. The van der Waals surface area contributed by atoms with Crippen LogP contribution in [0.4, 0.5) is 0 Å². The summed E-state index contributed by atoms with van der Waals surface area (Å²) in [4.78, 5) is 0. The van der Waals surface area contributed by atoms with Crippen LogP contribution in [0.5, 0.6) is 5.75 Å². The Morgan fingerprint density at radius 2 is 1.14 bits per heavy atom. The monoisotopic (exact) mass is 481 g/mol. The lowest BCUT2D eigenvalue weighted by Gasteiger charge is -2.29. The van der Waals surface area contributed by atoms with E-state index in [1.807, 2.05) is 66.7 Å². The second-order valence-electron chi connectivity index (χ2n) is 9.04. The Hall–Kier alpha value is -3.48. The Kier molecular flexibility index (Phi) is 9.65. The van der Waals surface area contributed by atoms with Crippen molar-refractivity contribution in [3.05, 3.63) is 138 Å². The molecule has 0 aliphatic carbocycles. The minimum atomic E-state index is -0.229. The SMILES string of the molecule is N[C@H](Cc1ccc(OCc2ccccc2)cc1)C(CN(N)Cc1ccccc1)OCc1ccccc1. The Balaban J connectivity index is 1.35. The normalized spacial score (nSPS) is 12.9. The molecule has 5 nitrogen and oxygen atoms in total. The van der Waals surface area contributed by atoms with Gasteiger partial charge < -0.3 is 15.2 Å². The molecular formula is C31H35N3O2. The zero-order chi connectivity index (χ0) is 25.0. The van der Waals surface area contributed by atoms with Crippen LogP contribution in [0.25, 0.3) is 0 Å². The number of rotatable bonds is 13. The molecule has 0 radical (unpaired) electrons. The maximum atomic E-state index is 6.69. The van der Waals surface area contributed by atoms with Gasteiger partial charge in [-0.1, -0.05) is 103 Å². The third-order valence-corrected chi connectivity index (χ3v) is 6.07. The molecule has 0 fully saturated rings. The van der Waals surface area contributed by atoms with Gasteiger partial charge in [0.05, 0.1) is 12.7 Å². The fraction of sp³-hybridized carbons (Fsp3) is 0.226. The van der Waals surface area contributed by atoms with Crippen LogP contribution in [0.15, 0.2) is 115 Å². The van der Waals surface area contributed by atoms with Crippen molar-refractivity contribution in [1.29, 1.82) is 0 Å². The zero-order valence-corrected chi connectivity index (χ0v) is 20.6. The average Bonchev–Trinajstić information content (AvgIpc) is 2.92. The smallest absolute Gasteiger partial charge is 0.119 e. The highest BCUT2D eigenvalue weighted by Gasteiger charge is 2.22. The summed E-state index contributed by atoms with van der Waals surface area (Å²) < 4.78 is 12.2. The number of hydrogen-bond acceptors (Lipinski definition) is 5. The second kappa shape index (κ2) is 13.6. The summed E-state index contributed by atoms with van der Waals surface area (Å²) in [6.45, 7) is 2.20. The van der Waals surface area contributed by atoms with Gasteiger partial charge in [-0.15, -0.1) is 0 Å². The molecule has 5 heteroatoms. The molecule has 4 N–H and O–H groups in total. The van der Waals surface area contributed by atoms with Gasteiger partial charge in [0.25, 0.3) is 0 Å². The quantitative estimate of drug-likeness (QED) is 0.205. The van der Waals surface area contributed by atoms with E-state index in [4.69, 9.17) is 21.1 Å². The molecule has 1 unspecified atom stereocenters. The standard InChI is InChI=1S/C31H35N3O2/c32-30(20-25-16-18-29(19-17-25)35-23-27-12-6-2-7-13-27)31(36-24-28-14-8-3-9-15-28)22-34(33)21-26-10-4-1-5-11-26/h1-19,30-31H,20-24,32-33H2/t30-,31?/m1/s1. The highest BCUT2D eigenvalue weighted by Crippen LogP contribution is 2.17. The Labute approximate surface area is 214 Å². The van der Waals surface area contributed by atoms with Gasteiger partial charge in [-0.3, -0.25) is 5.84 Å². The van der Waals surface area contributed by atoms with Gasteiger partial charge in [-0.25, -0.2) is 5.01 Å². The largest absolute Gasteiger partial charge is 0.489 e. The van der Waals surface area contributed by atoms with Gasteiger partial charge in [0, 0.05) is 19.1 Å². The number of ether oxygens (including phenoxy) is 2. The molecule has 0 bridgehead atoms. The second-order valence-corrected chi connectivity index (χ2v) is 9.04. The van der Waals surface area contributed by atoms with Crippen LogP contribution < -0.4 is 16.3 Å². The molecule has 4 aromatic rings. The van der Waals surface area contributed by atoms with E-state index in [0.29, 0.717) is 32.7 Å². The van der Waals surface area contributed by atoms with E-state index < -0.39 is 0 Å². The van der Waals surface area contributed by atoms with E-state index in [0.717, 1.165) is 28.0 Å². The Morgan fingerprint density at radius 3 is 1.72 bits per heavy atom. The average molecular weight is 482 g/mol. The summed E-state index contributed by atoms with van der Waals surface area (Å²) in [6, 6.07) is 38.4. The molecule has 2 atom stereocenters. The van der Waals surface area contributed by atoms with Gasteiger partial charge in [0.2, 0.25) is 0 Å². The maximum absolute atomic E-state index is 6.69. The van der Waals surface area contributed by atoms with E-state index in [9.17, 15) is 0 Å². The number of nitrogens with two attached hydrogens (primary N) is 2. The molecule has 36 heavy (non-hydrogen) atoms. The van der Waals surface area contributed by atoms with Crippen LogP contribution in [0.2, 0.25) is 0 Å². The van der Waals surface area contributed by atoms with Crippen molar-refractivity contribution < 1.29 is 9.47 Å². The van der Waals surface area contributed by atoms with Crippen molar-refractivity contribution in [3.8, 4) is 5.75 Å². The molecule has 4 rings (SSSR count). The summed E-state index contributed by atoms with van der Waals surface area (Å²) in [6.07, 6.45) is 0.449.